The second kappa shape index (κ2) is 4.61. The van der Waals surface area contributed by atoms with Gasteiger partial charge in [-0.15, -0.1) is 0 Å². The summed E-state index contributed by atoms with van der Waals surface area (Å²) in [5, 5.41) is 7.29. The molecule has 0 saturated carbocycles. The van der Waals surface area contributed by atoms with Crippen molar-refractivity contribution in [1.29, 1.82) is 0 Å². The van der Waals surface area contributed by atoms with Crippen LogP contribution in [0.3, 0.4) is 0 Å². The molecule has 7 heteroatoms. The maximum Gasteiger partial charge on any atom is 0.262 e. The van der Waals surface area contributed by atoms with Gasteiger partial charge in [0, 0.05) is 19.2 Å². The lowest BCUT2D eigenvalue weighted by atomic mass is 10.00. The molecule has 1 aromatic rings. The molecule has 2 N–H and O–H groups in total. The normalized spacial score (nSPS) is 25.0. The number of fused-ring (bicyclic) bond motifs is 3. The molecule has 116 valence electrons. The van der Waals surface area contributed by atoms with E-state index in [0.717, 1.165) is 30.3 Å². The van der Waals surface area contributed by atoms with Crippen LogP contribution in [0, 0.1) is 0 Å². The minimum atomic E-state index is -0.327. The molecule has 0 aromatic heterocycles. The van der Waals surface area contributed by atoms with Crippen molar-refractivity contribution >= 4 is 17.4 Å². The summed E-state index contributed by atoms with van der Waals surface area (Å²) in [4.78, 5) is 13.8. The fourth-order valence-electron chi connectivity index (χ4n) is 2.90. The molecular weight excluding hydrogens is 284 g/mol. The molecule has 1 amide bonds. The molecule has 1 fully saturated rings. The summed E-state index contributed by atoms with van der Waals surface area (Å²) in [5.41, 5.74) is 3.17. The Balaban J connectivity index is 1.70. The van der Waals surface area contributed by atoms with Crippen LogP contribution in [0.1, 0.15) is 13.8 Å². The minimum absolute atomic E-state index is 0.127. The highest BCUT2D eigenvalue weighted by Crippen LogP contribution is 2.38. The number of rotatable bonds is 2. The molecule has 0 aliphatic carbocycles. The van der Waals surface area contributed by atoms with Crippen molar-refractivity contribution in [2.75, 3.05) is 24.6 Å². The van der Waals surface area contributed by atoms with Gasteiger partial charge in [-0.1, -0.05) is 0 Å². The Morgan fingerprint density at radius 2 is 2.27 bits per heavy atom. The maximum absolute atomic E-state index is 11.9. The van der Waals surface area contributed by atoms with E-state index in [1.807, 2.05) is 30.0 Å². The number of anilines is 1. The monoisotopic (exact) mass is 302 g/mol. The molecule has 3 heterocycles. The van der Waals surface area contributed by atoms with Crippen molar-refractivity contribution in [3.05, 3.63) is 18.2 Å². The van der Waals surface area contributed by atoms with Crippen molar-refractivity contribution in [3.63, 3.8) is 0 Å². The lowest BCUT2D eigenvalue weighted by Gasteiger charge is -2.41. The van der Waals surface area contributed by atoms with Crippen molar-refractivity contribution in [1.82, 2.24) is 10.7 Å². The van der Waals surface area contributed by atoms with Gasteiger partial charge in [0.25, 0.3) is 5.91 Å². The molecule has 1 aromatic carbocycles. The Morgan fingerprint density at radius 1 is 1.45 bits per heavy atom. The van der Waals surface area contributed by atoms with Gasteiger partial charge < -0.3 is 19.7 Å². The first kappa shape index (κ1) is 13.4. The van der Waals surface area contributed by atoms with Gasteiger partial charge in [-0.25, -0.2) is 5.43 Å². The summed E-state index contributed by atoms with van der Waals surface area (Å²) in [5.74, 6) is 2.09. The summed E-state index contributed by atoms with van der Waals surface area (Å²) in [6, 6.07) is 5.38. The zero-order valence-corrected chi connectivity index (χ0v) is 12.5. The maximum atomic E-state index is 11.9. The predicted octanol–water partition coefficient (Wildman–Crippen LogP) is 0.458. The Morgan fingerprint density at radius 3 is 3.00 bits per heavy atom. The molecule has 3 aliphatic rings. The number of nitrogens with one attached hydrogen (secondary N) is 2. The Kier molecular flexibility index (Phi) is 2.80. The number of ether oxygens (including phenoxy) is 2. The topological polar surface area (TPSA) is 75.2 Å². The van der Waals surface area contributed by atoms with Gasteiger partial charge >= 0.3 is 0 Å². The quantitative estimate of drug-likeness (QED) is 0.830. The third-order valence-electron chi connectivity index (χ3n) is 4.25. The van der Waals surface area contributed by atoms with E-state index < -0.39 is 0 Å². The number of hydrogen-bond acceptors (Lipinski definition) is 6. The molecule has 3 aliphatic heterocycles. The van der Waals surface area contributed by atoms with Crippen LogP contribution >= 0.6 is 0 Å². The first-order chi connectivity index (χ1) is 10.6. The molecule has 0 spiro atoms. The SMILES string of the molecule is CC1C(=O)NN=C2COc3ccc(OC4(C)CNC4)cc3N21. The number of hydrazone groups is 1. The Hall–Kier alpha value is -2.28. The third-order valence-corrected chi connectivity index (χ3v) is 4.25. The highest BCUT2D eigenvalue weighted by Gasteiger charge is 2.37. The fourth-order valence-corrected chi connectivity index (χ4v) is 2.90. The predicted molar refractivity (Wildman–Crippen MR) is 81.4 cm³/mol. The van der Waals surface area contributed by atoms with Gasteiger partial charge in [0.2, 0.25) is 0 Å². The average molecular weight is 302 g/mol. The largest absolute Gasteiger partial charge is 0.485 e. The minimum Gasteiger partial charge on any atom is -0.485 e. The standard InChI is InChI=1S/C15H18N4O3/c1-9-14(20)18-17-13-6-21-12-4-3-10(5-11(12)19(9)13)22-15(2)7-16-8-15/h3-5,9,16H,6-8H2,1-2H3,(H,18,20). The highest BCUT2D eigenvalue weighted by molar-refractivity contribution is 6.09. The van der Waals surface area contributed by atoms with Gasteiger partial charge in [0.1, 0.15) is 29.7 Å². The molecule has 1 saturated heterocycles. The van der Waals surface area contributed by atoms with E-state index in [2.05, 4.69) is 22.8 Å². The summed E-state index contributed by atoms with van der Waals surface area (Å²) in [7, 11) is 0. The van der Waals surface area contributed by atoms with Gasteiger partial charge in [-0.05, 0) is 26.0 Å². The van der Waals surface area contributed by atoms with Crippen LogP contribution in [0.5, 0.6) is 11.5 Å². The third kappa shape index (κ3) is 2.00. The lowest BCUT2D eigenvalue weighted by molar-refractivity contribution is -0.122. The van der Waals surface area contributed by atoms with Gasteiger partial charge in [0.05, 0.1) is 5.69 Å². The van der Waals surface area contributed by atoms with Crippen LogP contribution < -0.4 is 25.1 Å². The zero-order valence-electron chi connectivity index (χ0n) is 12.5. The Labute approximate surface area is 128 Å². The van der Waals surface area contributed by atoms with E-state index in [1.54, 1.807) is 0 Å². The van der Waals surface area contributed by atoms with E-state index in [-0.39, 0.29) is 17.6 Å². The summed E-state index contributed by atoms with van der Waals surface area (Å²) in [6.07, 6.45) is 0. The van der Waals surface area contributed by atoms with E-state index in [1.165, 1.54) is 0 Å². The number of hydrogen-bond donors (Lipinski definition) is 2. The number of carbonyl (C=O) groups is 1. The molecule has 0 radical (unpaired) electrons. The molecule has 22 heavy (non-hydrogen) atoms. The lowest BCUT2D eigenvalue weighted by Crippen LogP contribution is -2.61. The summed E-state index contributed by atoms with van der Waals surface area (Å²) >= 11 is 0. The van der Waals surface area contributed by atoms with Crippen molar-refractivity contribution in [3.8, 4) is 11.5 Å². The first-order valence-electron chi connectivity index (χ1n) is 7.38. The van der Waals surface area contributed by atoms with Crippen LogP contribution in [-0.2, 0) is 4.79 Å². The molecule has 1 atom stereocenters. The van der Waals surface area contributed by atoms with Crippen LogP contribution in [0.2, 0.25) is 0 Å². The van der Waals surface area contributed by atoms with Crippen LogP contribution in [0.25, 0.3) is 0 Å². The first-order valence-corrected chi connectivity index (χ1v) is 7.38. The van der Waals surface area contributed by atoms with Crippen molar-refractivity contribution in [2.45, 2.75) is 25.5 Å². The number of nitrogens with zero attached hydrogens (tertiary/aromatic N) is 2. The van der Waals surface area contributed by atoms with Crippen molar-refractivity contribution in [2.24, 2.45) is 5.10 Å². The smallest absolute Gasteiger partial charge is 0.262 e. The van der Waals surface area contributed by atoms with E-state index in [9.17, 15) is 4.79 Å². The molecular formula is C15H18N4O3. The van der Waals surface area contributed by atoms with Gasteiger partial charge in [-0.3, -0.25) is 4.79 Å². The van der Waals surface area contributed by atoms with E-state index in [4.69, 9.17) is 9.47 Å². The average Bonchev–Trinajstić information content (AvgIpc) is 2.49. The molecule has 1 unspecified atom stereocenters. The molecule has 4 rings (SSSR count). The van der Waals surface area contributed by atoms with Crippen LogP contribution in [0.15, 0.2) is 23.3 Å². The second-order valence-corrected chi connectivity index (χ2v) is 6.12. The summed E-state index contributed by atoms with van der Waals surface area (Å²) < 4.78 is 11.8. The van der Waals surface area contributed by atoms with Gasteiger partial charge in [-0.2, -0.15) is 5.10 Å². The Bertz CT molecular complexity index is 669. The fraction of sp³-hybridized carbons (Fsp3) is 0.467. The molecule has 0 bridgehead atoms. The van der Waals surface area contributed by atoms with Crippen LogP contribution in [-0.4, -0.2) is 43.1 Å². The van der Waals surface area contributed by atoms with Crippen LogP contribution in [0.4, 0.5) is 5.69 Å². The van der Waals surface area contributed by atoms with Gasteiger partial charge in [0.15, 0.2) is 5.84 Å². The number of carbonyl (C=O) groups excluding carboxylic acids is 1. The number of amidine groups is 1. The second-order valence-electron chi connectivity index (χ2n) is 6.12. The van der Waals surface area contributed by atoms with Crippen molar-refractivity contribution < 1.29 is 14.3 Å². The summed E-state index contributed by atoms with van der Waals surface area (Å²) in [6.45, 7) is 5.93. The molecule has 7 nitrogen and oxygen atoms in total. The number of amides is 1. The highest BCUT2D eigenvalue weighted by atomic mass is 16.5. The number of benzene rings is 1. The van der Waals surface area contributed by atoms with E-state index >= 15 is 0 Å². The van der Waals surface area contributed by atoms with E-state index in [0.29, 0.717) is 12.4 Å². The zero-order chi connectivity index (χ0) is 15.3.